The Bertz CT molecular complexity index is 842. The van der Waals surface area contributed by atoms with E-state index in [-0.39, 0.29) is 6.03 Å². The highest BCUT2D eigenvalue weighted by atomic mass is 16.2. The average Bonchev–Trinajstić information content (AvgIpc) is 3.31. The lowest BCUT2D eigenvalue weighted by Gasteiger charge is -2.11. The summed E-state index contributed by atoms with van der Waals surface area (Å²) in [7, 11) is 0. The fourth-order valence-electron chi connectivity index (χ4n) is 2.47. The number of anilines is 1. The van der Waals surface area contributed by atoms with Gasteiger partial charge in [-0.05, 0) is 42.5 Å². The van der Waals surface area contributed by atoms with Gasteiger partial charge in [0.25, 0.3) is 0 Å². The molecule has 2 N–H and O–H groups in total. The Hall–Kier alpha value is -2.69. The first-order valence-corrected chi connectivity index (χ1v) is 7.00. The zero-order chi connectivity index (χ0) is 14.2. The first-order valence-electron chi connectivity index (χ1n) is 7.00. The van der Waals surface area contributed by atoms with Crippen LogP contribution in [0.2, 0.25) is 0 Å². The molecule has 0 saturated heterocycles. The molecule has 1 fully saturated rings. The summed E-state index contributed by atoms with van der Waals surface area (Å²) in [5.74, 6) is 0. The number of carbonyl (C=O) groups is 1. The molecule has 0 aliphatic heterocycles. The molecule has 2 amide bonds. The summed E-state index contributed by atoms with van der Waals surface area (Å²) >= 11 is 0. The molecule has 0 bridgehead atoms. The van der Waals surface area contributed by atoms with E-state index >= 15 is 0 Å². The van der Waals surface area contributed by atoms with Crippen LogP contribution >= 0.6 is 0 Å². The number of pyridine rings is 2. The Morgan fingerprint density at radius 2 is 2.10 bits per heavy atom. The van der Waals surface area contributed by atoms with Gasteiger partial charge in [0.2, 0.25) is 0 Å². The normalized spacial score (nSPS) is 14.3. The molecule has 1 aliphatic rings. The number of nitrogens with one attached hydrogen (secondary N) is 2. The quantitative estimate of drug-likeness (QED) is 0.708. The second-order valence-corrected chi connectivity index (χ2v) is 5.29. The van der Waals surface area contributed by atoms with E-state index in [4.69, 9.17) is 0 Å². The van der Waals surface area contributed by atoms with Crippen molar-refractivity contribution in [3.05, 3.63) is 42.9 Å². The molecule has 5 nitrogen and oxygen atoms in total. The number of urea groups is 1. The van der Waals surface area contributed by atoms with Crippen LogP contribution in [0.15, 0.2) is 42.9 Å². The van der Waals surface area contributed by atoms with Crippen molar-refractivity contribution in [1.82, 2.24) is 15.3 Å². The third kappa shape index (κ3) is 2.27. The van der Waals surface area contributed by atoms with E-state index in [1.165, 1.54) is 0 Å². The van der Waals surface area contributed by atoms with Crippen molar-refractivity contribution in [1.29, 1.82) is 0 Å². The zero-order valence-corrected chi connectivity index (χ0v) is 11.3. The van der Waals surface area contributed by atoms with Gasteiger partial charge in [0.05, 0.1) is 11.2 Å². The van der Waals surface area contributed by atoms with Gasteiger partial charge in [-0.3, -0.25) is 9.97 Å². The van der Waals surface area contributed by atoms with Crippen LogP contribution < -0.4 is 10.6 Å². The summed E-state index contributed by atoms with van der Waals surface area (Å²) in [5.41, 5.74) is 1.62. The van der Waals surface area contributed by atoms with Crippen LogP contribution in [0.25, 0.3) is 21.7 Å². The molecule has 2 heterocycles. The molecule has 3 aromatic rings. The molecular weight excluding hydrogens is 264 g/mol. The van der Waals surface area contributed by atoms with Crippen molar-refractivity contribution in [3.63, 3.8) is 0 Å². The highest BCUT2D eigenvalue weighted by Crippen LogP contribution is 2.30. The van der Waals surface area contributed by atoms with Crippen LogP contribution in [-0.2, 0) is 0 Å². The van der Waals surface area contributed by atoms with Crippen molar-refractivity contribution in [2.24, 2.45) is 0 Å². The van der Waals surface area contributed by atoms with E-state index in [1.54, 1.807) is 18.6 Å². The fourth-order valence-corrected chi connectivity index (χ4v) is 2.47. The molecule has 0 unspecified atom stereocenters. The minimum absolute atomic E-state index is 0.156. The highest BCUT2D eigenvalue weighted by molar-refractivity contribution is 6.13. The van der Waals surface area contributed by atoms with E-state index in [0.29, 0.717) is 6.04 Å². The van der Waals surface area contributed by atoms with Crippen LogP contribution in [0.4, 0.5) is 10.5 Å². The second-order valence-electron chi connectivity index (χ2n) is 5.29. The van der Waals surface area contributed by atoms with Crippen molar-refractivity contribution in [2.45, 2.75) is 18.9 Å². The maximum atomic E-state index is 12.0. The number of carbonyl (C=O) groups excluding carboxylic acids is 1. The molecule has 5 heteroatoms. The Kier molecular flexibility index (Phi) is 2.70. The molecule has 2 aromatic heterocycles. The summed E-state index contributed by atoms with van der Waals surface area (Å²) in [5, 5.41) is 8.79. The lowest BCUT2D eigenvalue weighted by molar-refractivity contribution is 0.252. The lowest BCUT2D eigenvalue weighted by atomic mass is 10.1. The number of nitrogens with zero attached hydrogens (tertiary/aromatic N) is 2. The fraction of sp³-hybridized carbons (Fsp3) is 0.188. The lowest BCUT2D eigenvalue weighted by Crippen LogP contribution is -2.30. The number of aromatic nitrogens is 2. The van der Waals surface area contributed by atoms with E-state index < -0.39 is 0 Å². The predicted octanol–water partition coefficient (Wildman–Crippen LogP) is 3.07. The minimum atomic E-state index is -0.156. The third-order valence-electron chi connectivity index (χ3n) is 3.67. The summed E-state index contributed by atoms with van der Waals surface area (Å²) in [6, 6.07) is 7.90. The van der Waals surface area contributed by atoms with Crippen molar-refractivity contribution >= 4 is 33.4 Å². The van der Waals surface area contributed by atoms with Crippen LogP contribution in [0, 0.1) is 0 Å². The first-order chi connectivity index (χ1) is 10.3. The second kappa shape index (κ2) is 4.70. The Morgan fingerprint density at radius 3 is 2.95 bits per heavy atom. The molecular formula is C16H14N4O. The van der Waals surface area contributed by atoms with Crippen molar-refractivity contribution in [3.8, 4) is 0 Å². The van der Waals surface area contributed by atoms with Gasteiger partial charge >= 0.3 is 6.03 Å². The number of hydrogen-bond acceptors (Lipinski definition) is 3. The molecule has 0 radical (unpaired) electrons. The first kappa shape index (κ1) is 12.1. The van der Waals surface area contributed by atoms with Gasteiger partial charge in [0.15, 0.2) is 0 Å². The molecule has 104 valence electrons. The molecule has 0 atom stereocenters. The maximum absolute atomic E-state index is 12.0. The largest absolute Gasteiger partial charge is 0.335 e. The number of hydrogen-bond donors (Lipinski definition) is 2. The van der Waals surface area contributed by atoms with Crippen LogP contribution in [-0.4, -0.2) is 22.0 Å². The number of benzene rings is 1. The van der Waals surface area contributed by atoms with Crippen molar-refractivity contribution in [2.75, 3.05) is 5.32 Å². The molecule has 0 spiro atoms. The van der Waals surface area contributed by atoms with E-state index in [2.05, 4.69) is 20.6 Å². The van der Waals surface area contributed by atoms with Crippen LogP contribution in [0.1, 0.15) is 12.8 Å². The Balaban J connectivity index is 1.83. The monoisotopic (exact) mass is 278 g/mol. The van der Waals surface area contributed by atoms with E-state index in [1.807, 2.05) is 24.3 Å². The number of amides is 2. The summed E-state index contributed by atoms with van der Waals surface area (Å²) in [4.78, 5) is 20.6. The number of fused-ring (bicyclic) bond motifs is 3. The number of rotatable bonds is 2. The van der Waals surface area contributed by atoms with Gasteiger partial charge in [-0.15, -0.1) is 0 Å². The molecule has 21 heavy (non-hydrogen) atoms. The SMILES string of the molecule is O=C(Nc1cc2ccncc2c2ncccc12)NC1CC1. The van der Waals surface area contributed by atoms with E-state index in [0.717, 1.165) is 40.2 Å². The van der Waals surface area contributed by atoms with Gasteiger partial charge < -0.3 is 10.6 Å². The molecule has 1 aromatic carbocycles. The summed E-state index contributed by atoms with van der Waals surface area (Å²) in [6.07, 6.45) is 7.44. The average molecular weight is 278 g/mol. The van der Waals surface area contributed by atoms with Gasteiger partial charge in [-0.2, -0.15) is 0 Å². The highest BCUT2D eigenvalue weighted by Gasteiger charge is 2.23. The Morgan fingerprint density at radius 1 is 1.19 bits per heavy atom. The zero-order valence-electron chi connectivity index (χ0n) is 11.3. The van der Waals surface area contributed by atoms with Crippen LogP contribution in [0.3, 0.4) is 0 Å². The van der Waals surface area contributed by atoms with Crippen molar-refractivity contribution < 1.29 is 4.79 Å². The molecule has 1 saturated carbocycles. The van der Waals surface area contributed by atoms with Gasteiger partial charge in [0, 0.05) is 35.4 Å². The van der Waals surface area contributed by atoms with E-state index in [9.17, 15) is 4.79 Å². The minimum Gasteiger partial charge on any atom is -0.335 e. The third-order valence-corrected chi connectivity index (χ3v) is 3.67. The molecule has 4 rings (SSSR count). The standard InChI is InChI=1S/C16H14N4O/c21-16(19-11-3-4-11)20-14-8-10-5-7-17-9-13(10)15-12(14)2-1-6-18-15/h1-2,5-9,11H,3-4H2,(H2,19,20,21). The summed E-state index contributed by atoms with van der Waals surface area (Å²) in [6.45, 7) is 0. The van der Waals surface area contributed by atoms with Gasteiger partial charge in [-0.25, -0.2) is 4.79 Å². The predicted molar refractivity (Wildman–Crippen MR) is 82.2 cm³/mol. The maximum Gasteiger partial charge on any atom is 0.319 e. The summed E-state index contributed by atoms with van der Waals surface area (Å²) < 4.78 is 0. The van der Waals surface area contributed by atoms with Gasteiger partial charge in [0.1, 0.15) is 0 Å². The Labute approximate surface area is 121 Å². The topological polar surface area (TPSA) is 66.9 Å². The van der Waals surface area contributed by atoms with Gasteiger partial charge in [-0.1, -0.05) is 0 Å². The van der Waals surface area contributed by atoms with Crippen LogP contribution in [0.5, 0.6) is 0 Å². The smallest absolute Gasteiger partial charge is 0.319 e. The molecule has 1 aliphatic carbocycles.